The highest BCUT2D eigenvalue weighted by Gasteiger charge is 2.51. The molecule has 1 saturated heterocycles. The Labute approximate surface area is 247 Å². The van der Waals surface area contributed by atoms with Gasteiger partial charge in [0.1, 0.15) is 18.9 Å². The van der Waals surface area contributed by atoms with Crippen LogP contribution in [0.25, 0.3) is 22.2 Å². The maximum Gasteiger partial charge on any atom is 0.494 e. The topological polar surface area (TPSA) is 67.6 Å². The highest BCUT2D eigenvalue weighted by molar-refractivity contribution is 6.62. The zero-order valence-electron chi connectivity index (χ0n) is 24.8. The van der Waals surface area contributed by atoms with Crippen molar-refractivity contribution in [1.82, 2.24) is 14.8 Å². The van der Waals surface area contributed by atoms with Crippen LogP contribution in [0, 0.1) is 0 Å². The fourth-order valence-corrected chi connectivity index (χ4v) is 5.01. The molecule has 5 aromatic rings. The van der Waals surface area contributed by atoms with Gasteiger partial charge in [0.25, 0.3) is 0 Å². The number of ether oxygens (including phenoxy) is 2. The zero-order valence-corrected chi connectivity index (χ0v) is 24.8. The number of pyridine rings is 1. The fraction of sp³-hybridized carbons (Fsp3) is 0.294. The lowest BCUT2D eigenvalue weighted by Gasteiger charge is -2.32. The molecule has 1 aliphatic rings. The van der Waals surface area contributed by atoms with Gasteiger partial charge in [0.15, 0.2) is 0 Å². The van der Waals surface area contributed by atoms with Crippen molar-refractivity contribution in [3.63, 3.8) is 0 Å². The van der Waals surface area contributed by atoms with E-state index in [1.807, 2.05) is 77.5 Å². The number of hydrogen-bond donors (Lipinski definition) is 0. The molecule has 0 spiro atoms. The monoisotopic (exact) mass is 561 g/mol. The average Bonchev–Trinajstić information content (AvgIpc) is 3.47. The Morgan fingerprint density at radius 1 is 0.762 bits per heavy atom. The van der Waals surface area contributed by atoms with Crippen LogP contribution in [-0.4, -0.2) is 33.1 Å². The summed E-state index contributed by atoms with van der Waals surface area (Å²) < 4.78 is 27.0. The molecule has 8 heteroatoms. The van der Waals surface area contributed by atoms with Crippen LogP contribution in [0.15, 0.2) is 91.0 Å². The fourth-order valence-electron chi connectivity index (χ4n) is 5.01. The van der Waals surface area contributed by atoms with Crippen molar-refractivity contribution >= 4 is 23.5 Å². The predicted octanol–water partition coefficient (Wildman–Crippen LogP) is 6.58. The van der Waals surface area contributed by atoms with Gasteiger partial charge in [-0.2, -0.15) is 10.1 Å². The summed E-state index contributed by atoms with van der Waals surface area (Å²) in [4.78, 5) is 4.80. The molecule has 0 unspecified atom stereocenters. The smallest absolute Gasteiger partial charge is 0.473 e. The minimum absolute atomic E-state index is 0.376. The van der Waals surface area contributed by atoms with Gasteiger partial charge in [-0.3, -0.25) is 4.68 Å². The second-order valence-electron chi connectivity index (χ2n) is 11.6. The van der Waals surface area contributed by atoms with Crippen molar-refractivity contribution in [3.05, 3.63) is 102 Å². The standard InChI is InChI=1S/C34H36BN3O4/c1-6-38-29-21-26(35-41-33(2,3)34(4,5)42-35)17-18-27(29)31(37-38)28-19-20-30(39-22-24-13-9-7-10-14-24)36-32(28)40-23-25-15-11-8-12-16-25/h7-21H,6,22-23H2,1-5H3. The van der Waals surface area contributed by atoms with Crippen LogP contribution in [0.3, 0.4) is 0 Å². The minimum atomic E-state index is -0.449. The Morgan fingerprint density at radius 2 is 1.38 bits per heavy atom. The zero-order chi connectivity index (χ0) is 29.3. The molecule has 214 valence electrons. The van der Waals surface area contributed by atoms with Crippen molar-refractivity contribution in [3.8, 4) is 23.0 Å². The maximum atomic E-state index is 6.33. The molecular formula is C34H36BN3O4. The highest BCUT2D eigenvalue weighted by atomic mass is 16.7. The lowest BCUT2D eigenvalue weighted by atomic mass is 9.78. The predicted molar refractivity (Wildman–Crippen MR) is 166 cm³/mol. The van der Waals surface area contributed by atoms with Gasteiger partial charge in [0.05, 0.1) is 22.3 Å². The maximum absolute atomic E-state index is 6.33. The molecule has 0 bridgehead atoms. The van der Waals surface area contributed by atoms with Crippen LogP contribution in [-0.2, 0) is 29.1 Å². The van der Waals surface area contributed by atoms with E-state index in [-0.39, 0.29) is 0 Å². The second kappa shape index (κ2) is 11.3. The van der Waals surface area contributed by atoms with Crippen molar-refractivity contribution in [1.29, 1.82) is 0 Å². The third-order valence-electron chi connectivity index (χ3n) is 8.14. The van der Waals surface area contributed by atoms with Crippen LogP contribution < -0.4 is 14.9 Å². The molecule has 1 aliphatic heterocycles. The molecule has 7 nitrogen and oxygen atoms in total. The molecular weight excluding hydrogens is 525 g/mol. The Balaban J connectivity index is 1.36. The Kier molecular flexibility index (Phi) is 7.52. The molecule has 0 aliphatic carbocycles. The molecule has 0 amide bonds. The van der Waals surface area contributed by atoms with E-state index < -0.39 is 18.3 Å². The number of hydrogen-bond acceptors (Lipinski definition) is 6. The molecule has 3 heterocycles. The summed E-state index contributed by atoms with van der Waals surface area (Å²) in [5.41, 5.74) is 4.87. The van der Waals surface area contributed by atoms with Crippen molar-refractivity contribution in [2.24, 2.45) is 0 Å². The minimum Gasteiger partial charge on any atom is -0.473 e. The number of rotatable bonds is 9. The van der Waals surface area contributed by atoms with E-state index in [2.05, 4.69) is 52.8 Å². The molecule has 2 aromatic heterocycles. The Bertz CT molecular complexity index is 1670. The van der Waals surface area contributed by atoms with Gasteiger partial charge in [0.2, 0.25) is 11.8 Å². The first kappa shape index (κ1) is 28.0. The summed E-state index contributed by atoms with van der Waals surface area (Å²) in [6.45, 7) is 11.9. The lowest BCUT2D eigenvalue weighted by molar-refractivity contribution is 0.00578. The van der Waals surface area contributed by atoms with E-state index in [9.17, 15) is 0 Å². The number of aromatic nitrogens is 3. The van der Waals surface area contributed by atoms with E-state index in [1.165, 1.54) is 0 Å². The lowest BCUT2D eigenvalue weighted by Crippen LogP contribution is -2.41. The van der Waals surface area contributed by atoms with E-state index in [0.29, 0.717) is 31.5 Å². The first-order chi connectivity index (χ1) is 20.2. The number of aryl methyl sites for hydroxylation is 1. The summed E-state index contributed by atoms with van der Waals surface area (Å²) in [7, 11) is -0.449. The molecule has 42 heavy (non-hydrogen) atoms. The first-order valence-corrected chi connectivity index (χ1v) is 14.4. The first-order valence-electron chi connectivity index (χ1n) is 14.4. The molecule has 0 N–H and O–H groups in total. The van der Waals surface area contributed by atoms with Gasteiger partial charge >= 0.3 is 7.12 Å². The van der Waals surface area contributed by atoms with Crippen LogP contribution in [0.5, 0.6) is 11.8 Å². The van der Waals surface area contributed by atoms with Gasteiger partial charge in [-0.15, -0.1) is 0 Å². The molecule has 1 fully saturated rings. The van der Waals surface area contributed by atoms with Gasteiger partial charge in [-0.25, -0.2) is 0 Å². The van der Waals surface area contributed by atoms with E-state index >= 15 is 0 Å². The molecule has 6 rings (SSSR count). The number of benzene rings is 3. The Morgan fingerprint density at radius 3 is 2.00 bits per heavy atom. The largest absolute Gasteiger partial charge is 0.494 e. The van der Waals surface area contributed by atoms with E-state index in [1.54, 1.807) is 0 Å². The second-order valence-corrected chi connectivity index (χ2v) is 11.6. The molecule has 0 radical (unpaired) electrons. The third kappa shape index (κ3) is 5.52. The summed E-state index contributed by atoms with van der Waals surface area (Å²) in [6, 6.07) is 30.2. The van der Waals surface area contributed by atoms with Crippen LogP contribution in [0.1, 0.15) is 45.7 Å². The summed E-state index contributed by atoms with van der Waals surface area (Å²) in [5, 5.41) is 6.02. The van der Waals surface area contributed by atoms with Gasteiger partial charge in [0, 0.05) is 18.0 Å². The molecule has 3 aromatic carbocycles. The normalized spacial score (nSPS) is 15.7. The highest BCUT2D eigenvalue weighted by Crippen LogP contribution is 2.38. The third-order valence-corrected chi connectivity index (χ3v) is 8.14. The van der Waals surface area contributed by atoms with Crippen LogP contribution in [0.4, 0.5) is 0 Å². The summed E-state index contributed by atoms with van der Waals surface area (Å²) in [5.74, 6) is 0.968. The number of fused-ring (bicyclic) bond motifs is 1. The van der Waals surface area contributed by atoms with E-state index in [0.717, 1.165) is 38.8 Å². The quantitative estimate of drug-likeness (QED) is 0.190. The van der Waals surface area contributed by atoms with Gasteiger partial charge in [-0.05, 0) is 63.3 Å². The molecule has 0 saturated carbocycles. The number of nitrogens with zero attached hydrogens (tertiary/aromatic N) is 3. The Hall–Kier alpha value is -4.14. The van der Waals surface area contributed by atoms with Crippen molar-refractivity contribution in [2.75, 3.05) is 0 Å². The molecule has 0 atom stereocenters. The van der Waals surface area contributed by atoms with Gasteiger partial charge in [-0.1, -0.05) is 72.8 Å². The van der Waals surface area contributed by atoms with Crippen molar-refractivity contribution < 1.29 is 18.8 Å². The SMILES string of the molecule is CCn1nc(-c2ccc(OCc3ccccc3)nc2OCc2ccccc2)c2ccc(B3OC(C)(C)C(C)(C)O3)cc21. The van der Waals surface area contributed by atoms with E-state index in [4.69, 9.17) is 28.9 Å². The summed E-state index contributed by atoms with van der Waals surface area (Å²) >= 11 is 0. The van der Waals surface area contributed by atoms with Crippen molar-refractivity contribution in [2.45, 2.75) is 65.6 Å². The van der Waals surface area contributed by atoms with Crippen LogP contribution in [0.2, 0.25) is 0 Å². The summed E-state index contributed by atoms with van der Waals surface area (Å²) in [6.07, 6.45) is 0. The van der Waals surface area contributed by atoms with Crippen LogP contribution >= 0.6 is 0 Å². The average molecular weight is 561 g/mol. The van der Waals surface area contributed by atoms with Gasteiger partial charge < -0.3 is 18.8 Å².